The van der Waals surface area contributed by atoms with Crippen LogP contribution in [0, 0.1) is 0 Å². The molecule has 0 unspecified atom stereocenters. The number of carbonyl (C=O) groups excluding carboxylic acids is 1. The van der Waals surface area contributed by atoms with Gasteiger partial charge in [0.2, 0.25) is 0 Å². The third-order valence-electron chi connectivity index (χ3n) is 1.71. The van der Waals surface area contributed by atoms with Gasteiger partial charge in [0.05, 0.1) is 7.11 Å². The summed E-state index contributed by atoms with van der Waals surface area (Å²) in [6, 6.07) is 1.68. The van der Waals surface area contributed by atoms with Gasteiger partial charge in [0.1, 0.15) is 5.69 Å². The van der Waals surface area contributed by atoms with E-state index in [1.807, 2.05) is 0 Å². The molecule has 0 saturated heterocycles. The number of ether oxygens (including phenoxy) is 1. The van der Waals surface area contributed by atoms with E-state index in [-0.39, 0.29) is 0 Å². The lowest BCUT2D eigenvalue weighted by atomic mass is 10.2. The zero-order valence-electron chi connectivity index (χ0n) is 7.46. The van der Waals surface area contributed by atoms with E-state index in [0.29, 0.717) is 5.69 Å². The highest BCUT2D eigenvalue weighted by Crippen LogP contribution is 2.13. The minimum Gasteiger partial charge on any atom is -0.464 e. The molecular weight excluding hydrogens is 166 g/mol. The Kier molecular flexibility index (Phi) is 2.69. The molecule has 0 bridgehead atoms. The maximum absolute atomic E-state index is 11.1. The average molecular weight is 177 g/mol. The van der Waals surface area contributed by atoms with Crippen LogP contribution in [0.3, 0.4) is 0 Å². The molecule has 3 nitrogen and oxygen atoms in total. The molecule has 0 aliphatic heterocycles. The average Bonchev–Trinajstić information content (AvgIpc) is 2.59. The molecule has 1 aromatic heterocycles. The summed E-state index contributed by atoms with van der Waals surface area (Å²) < 4.78 is 4.55. The number of H-pyrrole nitrogens is 1. The first kappa shape index (κ1) is 9.32. The summed E-state index contributed by atoms with van der Waals surface area (Å²) in [4.78, 5) is 14.0. The Bertz CT molecular complexity index is 324. The van der Waals surface area contributed by atoms with Crippen molar-refractivity contribution in [1.82, 2.24) is 4.98 Å². The van der Waals surface area contributed by atoms with Crippen molar-refractivity contribution in [2.75, 3.05) is 7.11 Å². The minimum absolute atomic E-state index is 0.392. The van der Waals surface area contributed by atoms with E-state index in [0.717, 1.165) is 11.3 Å². The summed E-state index contributed by atoms with van der Waals surface area (Å²) in [7, 11) is 1.34. The summed E-state index contributed by atoms with van der Waals surface area (Å²) in [6.45, 7) is 7.23. The van der Waals surface area contributed by atoms with Crippen LogP contribution >= 0.6 is 0 Å². The van der Waals surface area contributed by atoms with Crippen LogP contribution in [-0.2, 0) is 4.74 Å². The predicted molar refractivity (Wildman–Crippen MR) is 52.3 cm³/mol. The molecule has 0 spiro atoms. The summed E-state index contributed by atoms with van der Waals surface area (Å²) in [6.07, 6.45) is 3.28. The highest BCUT2D eigenvalue weighted by atomic mass is 16.5. The van der Waals surface area contributed by atoms with Gasteiger partial charge in [-0.05, 0) is 17.7 Å². The van der Waals surface area contributed by atoms with Gasteiger partial charge in [-0.2, -0.15) is 0 Å². The highest BCUT2D eigenvalue weighted by Gasteiger charge is 2.09. The highest BCUT2D eigenvalue weighted by molar-refractivity contribution is 5.89. The van der Waals surface area contributed by atoms with Gasteiger partial charge in [-0.1, -0.05) is 19.2 Å². The maximum atomic E-state index is 11.1. The lowest BCUT2D eigenvalue weighted by Crippen LogP contribution is -2.00. The number of aromatic amines is 1. The fourth-order valence-corrected chi connectivity index (χ4v) is 1.04. The zero-order valence-corrected chi connectivity index (χ0v) is 7.46. The lowest BCUT2D eigenvalue weighted by Gasteiger charge is -1.92. The van der Waals surface area contributed by atoms with Crippen LogP contribution in [0.5, 0.6) is 0 Å². The van der Waals surface area contributed by atoms with E-state index in [2.05, 4.69) is 22.9 Å². The smallest absolute Gasteiger partial charge is 0.354 e. The number of hydrogen-bond donors (Lipinski definition) is 1. The molecule has 3 heteroatoms. The molecule has 13 heavy (non-hydrogen) atoms. The van der Waals surface area contributed by atoms with Crippen LogP contribution in [0.2, 0.25) is 0 Å². The third kappa shape index (κ3) is 1.69. The number of carbonyl (C=O) groups is 1. The van der Waals surface area contributed by atoms with Gasteiger partial charge in [-0.3, -0.25) is 0 Å². The van der Waals surface area contributed by atoms with E-state index in [1.54, 1.807) is 18.2 Å². The predicted octanol–water partition coefficient (Wildman–Crippen LogP) is 2.09. The van der Waals surface area contributed by atoms with Crippen LogP contribution in [0.25, 0.3) is 12.2 Å². The van der Waals surface area contributed by atoms with Gasteiger partial charge in [0.15, 0.2) is 0 Å². The number of aromatic nitrogens is 1. The molecule has 1 rings (SSSR count). The second kappa shape index (κ2) is 3.76. The molecule has 0 saturated carbocycles. The Hall–Kier alpha value is -1.77. The molecule has 0 fully saturated rings. The summed E-state index contributed by atoms with van der Waals surface area (Å²) in [5.41, 5.74) is 2.03. The Morgan fingerprint density at radius 2 is 2.23 bits per heavy atom. The van der Waals surface area contributed by atoms with Crippen molar-refractivity contribution in [3.8, 4) is 0 Å². The van der Waals surface area contributed by atoms with Crippen LogP contribution in [0.4, 0.5) is 0 Å². The molecule has 68 valence electrons. The van der Waals surface area contributed by atoms with Gasteiger partial charge >= 0.3 is 5.97 Å². The Morgan fingerprint density at radius 3 is 2.62 bits per heavy atom. The SMILES string of the molecule is C=Cc1cc(C(=O)OC)[nH]c1C=C. The summed E-state index contributed by atoms with van der Waals surface area (Å²) >= 11 is 0. The first-order valence-corrected chi connectivity index (χ1v) is 3.79. The molecule has 0 amide bonds. The number of hydrogen-bond acceptors (Lipinski definition) is 2. The number of methoxy groups -OCH3 is 1. The number of rotatable bonds is 3. The molecule has 0 aliphatic carbocycles. The largest absolute Gasteiger partial charge is 0.464 e. The van der Waals surface area contributed by atoms with Crippen molar-refractivity contribution in [3.05, 3.63) is 36.2 Å². The zero-order chi connectivity index (χ0) is 9.84. The summed E-state index contributed by atoms with van der Waals surface area (Å²) in [5.74, 6) is -0.392. The maximum Gasteiger partial charge on any atom is 0.354 e. The van der Waals surface area contributed by atoms with Crippen LogP contribution < -0.4 is 0 Å². The number of esters is 1. The molecule has 1 N–H and O–H groups in total. The summed E-state index contributed by atoms with van der Waals surface area (Å²) in [5, 5.41) is 0. The van der Waals surface area contributed by atoms with Gasteiger partial charge in [0, 0.05) is 5.69 Å². The molecule has 0 atom stereocenters. The molecule has 1 aromatic rings. The van der Waals surface area contributed by atoms with Gasteiger partial charge in [-0.25, -0.2) is 4.79 Å². The van der Waals surface area contributed by atoms with E-state index >= 15 is 0 Å². The molecule has 1 heterocycles. The third-order valence-corrected chi connectivity index (χ3v) is 1.71. The first-order chi connectivity index (χ1) is 6.22. The first-order valence-electron chi connectivity index (χ1n) is 3.79. The number of nitrogens with one attached hydrogen (secondary N) is 1. The lowest BCUT2D eigenvalue weighted by molar-refractivity contribution is 0.0595. The topological polar surface area (TPSA) is 42.1 Å². The normalized spacial score (nSPS) is 9.31. The van der Waals surface area contributed by atoms with Gasteiger partial charge in [0.25, 0.3) is 0 Å². The van der Waals surface area contributed by atoms with Crippen molar-refractivity contribution in [2.24, 2.45) is 0 Å². The molecule has 0 aliphatic rings. The minimum atomic E-state index is -0.392. The Balaban J connectivity index is 3.13. The Morgan fingerprint density at radius 1 is 1.54 bits per heavy atom. The van der Waals surface area contributed by atoms with E-state index in [9.17, 15) is 4.79 Å². The Labute approximate surface area is 76.7 Å². The van der Waals surface area contributed by atoms with E-state index < -0.39 is 5.97 Å². The van der Waals surface area contributed by atoms with Gasteiger partial charge < -0.3 is 9.72 Å². The van der Waals surface area contributed by atoms with Crippen molar-refractivity contribution >= 4 is 18.1 Å². The van der Waals surface area contributed by atoms with Crippen LogP contribution in [0.1, 0.15) is 21.7 Å². The fraction of sp³-hybridized carbons (Fsp3) is 0.100. The molecule has 0 radical (unpaired) electrons. The van der Waals surface area contributed by atoms with Crippen molar-refractivity contribution in [3.63, 3.8) is 0 Å². The monoisotopic (exact) mass is 177 g/mol. The van der Waals surface area contributed by atoms with E-state index in [1.165, 1.54) is 7.11 Å². The fourth-order valence-electron chi connectivity index (χ4n) is 1.04. The van der Waals surface area contributed by atoms with Crippen molar-refractivity contribution < 1.29 is 9.53 Å². The van der Waals surface area contributed by atoms with Crippen LogP contribution in [0.15, 0.2) is 19.2 Å². The molecular formula is C10H11NO2. The second-order valence-corrected chi connectivity index (χ2v) is 2.45. The molecule has 0 aromatic carbocycles. The van der Waals surface area contributed by atoms with E-state index in [4.69, 9.17) is 0 Å². The standard InChI is InChI=1S/C10H11NO2/c1-4-7-6-9(10(12)13-3)11-8(7)5-2/h4-6,11H,1-2H2,3H3. The van der Waals surface area contributed by atoms with Crippen molar-refractivity contribution in [2.45, 2.75) is 0 Å². The van der Waals surface area contributed by atoms with Crippen molar-refractivity contribution in [1.29, 1.82) is 0 Å². The second-order valence-electron chi connectivity index (χ2n) is 2.45. The van der Waals surface area contributed by atoms with Gasteiger partial charge in [-0.15, -0.1) is 0 Å². The quantitative estimate of drug-likeness (QED) is 0.718. The van der Waals surface area contributed by atoms with Crippen LogP contribution in [-0.4, -0.2) is 18.1 Å².